The number of nitrogens with zero attached hydrogens (tertiary/aromatic N) is 1. The fourth-order valence-electron chi connectivity index (χ4n) is 2.24. The molecule has 0 amide bonds. The molecule has 2 aromatic rings. The Balaban J connectivity index is 2.39. The summed E-state index contributed by atoms with van der Waals surface area (Å²) in [4.78, 5) is 6.61. The van der Waals surface area contributed by atoms with Gasteiger partial charge in [0, 0.05) is 21.6 Å². The second-order valence-electron chi connectivity index (χ2n) is 5.07. The van der Waals surface area contributed by atoms with Gasteiger partial charge in [-0.3, -0.25) is 4.99 Å². The normalized spacial score (nSPS) is 10.9. The summed E-state index contributed by atoms with van der Waals surface area (Å²) in [6.07, 6.45) is 1.80. The highest BCUT2D eigenvalue weighted by atomic mass is 32.2. The third-order valence-corrected chi connectivity index (χ3v) is 4.27. The zero-order valence-corrected chi connectivity index (χ0v) is 14.3. The minimum absolute atomic E-state index is 0.857. The summed E-state index contributed by atoms with van der Waals surface area (Å²) in [5.41, 5.74) is 4.24. The lowest BCUT2D eigenvalue weighted by Crippen LogP contribution is -1.90. The van der Waals surface area contributed by atoms with Crippen molar-refractivity contribution in [1.82, 2.24) is 0 Å². The molecule has 0 atom stereocenters. The topological polar surface area (TPSA) is 21.6 Å². The maximum Gasteiger partial charge on any atom is 0.122 e. The summed E-state index contributed by atoms with van der Waals surface area (Å²) in [5, 5.41) is 0. The Labute approximate surface area is 136 Å². The number of rotatable bonds is 5. The average molecular weight is 311 g/mol. The Hall–Kier alpha value is -2.00. The third kappa shape index (κ3) is 3.80. The maximum absolute atomic E-state index is 5.44. The number of hydrogen-bond donors (Lipinski definition) is 0. The van der Waals surface area contributed by atoms with Gasteiger partial charge in [0.25, 0.3) is 0 Å². The molecule has 2 rings (SSSR count). The molecule has 0 unspecified atom stereocenters. The number of benzene rings is 2. The summed E-state index contributed by atoms with van der Waals surface area (Å²) in [5.74, 6) is 0.857. The summed E-state index contributed by atoms with van der Waals surface area (Å²) < 4.78 is 5.44. The molecular formula is C19H21NOS. The van der Waals surface area contributed by atoms with E-state index in [1.54, 1.807) is 25.1 Å². The first-order valence-corrected chi connectivity index (χ1v) is 7.98. The van der Waals surface area contributed by atoms with Crippen LogP contribution in [0, 0.1) is 13.8 Å². The third-order valence-electron chi connectivity index (χ3n) is 3.31. The van der Waals surface area contributed by atoms with Crippen LogP contribution in [-0.4, -0.2) is 13.3 Å². The van der Waals surface area contributed by atoms with E-state index in [1.165, 1.54) is 10.5 Å². The molecule has 3 heteroatoms. The Bertz CT molecular complexity index is 719. The fraction of sp³-hybridized carbons (Fsp3) is 0.211. The van der Waals surface area contributed by atoms with Crippen LogP contribution in [0.4, 0.5) is 5.69 Å². The minimum atomic E-state index is 0.857. The van der Waals surface area contributed by atoms with E-state index in [1.807, 2.05) is 26.0 Å². The van der Waals surface area contributed by atoms with Crippen molar-refractivity contribution in [3.8, 4) is 5.75 Å². The molecule has 2 nitrogen and oxygen atoms in total. The van der Waals surface area contributed by atoms with Gasteiger partial charge >= 0.3 is 0 Å². The van der Waals surface area contributed by atoms with E-state index in [2.05, 4.69) is 42.8 Å². The largest absolute Gasteiger partial charge is 0.496 e. The molecule has 22 heavy (non-hydrogen) atoms. The number of thioether (sulfide) groups is 1. The van der Waals surface area contributed by atoms with E-state index >= 15 is 0 Å². The molecule has 0 heterocycles. The second-order valence-corrected chi connectivity index (χ2v) is 6.24. The van der Waals surface area contributed by atoms with Gasteiger partial charge in [0.1, 0.15) is 5.75 Å². The van der Waals surface area contributed by atoms with Crippen molar-refractivity contribution in [1.29, 1.82) is 0 Å². The summed E-state index contributed by atoms with van der Waals surface area (Å²) in [7, 11) is 1.69. The lowest BCUT2D eigenvalue weighted by molar-refractivity contribution is 0.411. The van der Waals surface area contributed by atoms with Crippen LogP contribution >= 0.6 is 11.8 Å². The van der Waals surface area contributed by atoms with Crippen LogP contribution in [0.1, 0.15) is 23.6 Å². The van der Waals surface area contributed by atoms with E-state index < -0.39 is 0 Å². The average Bonchev–Trinajstić information content (AvgIpc) is 2.47. The zero-order valence-electron chi connectivity index (χ0n) is 13.5. The number of aliphatic imine (C=N–C) groups is 1. The van der Waals surface area contributed by atoms with Crippen molar-refractivity contribution in [2.45, 2.75) is 25.7 Å². The predicted molar refractivity (Wildman–Crippen MR) is 97.6 cm³/mol. The molecular weight excluding hydrogens is 290 g/mol. The van der Waals surface area contributed by atoms with Crippen molar-refractivity contribution in [3.63, 3.8) is 0 Å². The van der Waals surface area contributed by atoms with Gasteiger partial charge in [-0.1, -0.05) is 36.0 Å². The second kappa shape index (κ2) is 7.32. The molecule has 0 aliphatic heterocycles. The van der Waals surface area contributed by atoms with Gasteiger partial charge in [0.15, 0.2) is 0 Å². The van der Waals surface area contributed by atoms with Crippen molar-refractivity contribution >= 4 is 28.6 Å². The standard InChI is InChI=1S/C19H21NOS/c1-6-20-18-11-14(3)19(21-5)12-17(18)15(4)22-16-9-7-8-13(2)10-16/h6-12H,4H2,1-3,5H3. The van der Waals surface area contributed by atoms with Gasteiger partial charge in [0.2, 0.25) is 0 Å². The minimum Gasteiger partial charge on any atom is -0.496 e. The predicted octanol–water partition coefficient (Wildman–Crippen LogP) is 5.80. The van der Waals surface area contributed by atoms with Crippen LogP contribution < -0.4 is 4.74 Å². The van der Waals surface area contributed by atoms with Crippen molar-refractivity contribution < 1.29 is 4.74 Å². The molecule has 0 N–H and O–H groups in total. The van der Waals surface area contributed by atoms with Crippen LogP contribution in [-0.2, 0) is 0 Å². The van der Waals surface area contributed by atoms with E-state index in [-0.39, 0.29) is 0 Å². The SMILES string of the molecule is C=C(Sc1cccc(C)c1)c1cc(OC)c(C)cc1N=CC. The highest BCUT2D eigenvalue weighted by Gasteiger charge is 2.11. The number of aryl methyl sites for hydroxylation is 2. The zero-order chi connectivity index (χ0) is 16.1. The van der Waals surface area contributed by atoms with Crippen LogP contribution in [0.3, 0.4) is 0 Å². The van der Waals surface area contributed by atoms with Crippen LogP contribution in [0.15, 0.2) is 52.9 Å². The molecule has 0 spiro atoms. The molecule has 0 fully saturated rings. The molecule has 0 bridgehead atoms. The van der Waals surface area contributed by atoms with Gasteiger partial charge < -0.3 is 4.74 Å². The number of methoxy groups -OCH3 is 1. The maximum atomic E-state index is 5.44. The van der Waals surface area contributed by atoms with Crippen LogP contribution in [0.25, 0.3) is 4.91 Å². The molecule has 2 aromatic carbocycles. The quantitative estimate of drug-likeness (QED) is 0.514. The van der Waals surface area contributed by atoms with Gasteiger partial charge in [-0.05, 0) is 50.6 Å². The molecule has 0 saturated heterocycles. The van der Waals surface area contributed by atoms with Crippen LogP contribution in [0.5, 0.6) is 5.75 Å². The molecule has 0 radical (unpaired) electrons. The Morgan fingerprint density at radius 2 is 2.00 bits per heavy atom. The van der Waals surface area contributed by atoms with Gasteiger partial charge in [-0.25, -0.2) is 0 Å². The molecule has 0 saturated carbocycles. The van der Waals surface area contributed by atoms with E-state index in [0.29, 0.717) is 0 Å². The molecule has 0 aliphatic rings. The van der Waals surface area contributed by atoms with E-state index in [9.17, 15) is 0 Å². The Morgan fingerprint density at radius 3 is 2.64 bits per heavy atom. The smallest absolute Gasteiger partial charge is 0.122 e. The Kier molecular flexibility index (Phi) is 5.45. The highest BCUT2D eigenvalue weighted by molar-refractivity contribution is 8.08. The summed E-state index contributed by atoms with van der Waals surface area (Å²) in [6, 6.07) is 12.5. The highest BCUT2D eigenvalue weighted by Crippen LogP contribution is 2.40. The van der Waals surface area contributed by atoms with Crippen LogP contribution in [0.2, 0.25) is 0 Å². The summed E-state index contributed by atoms with van der Waals surface area (Å²) >= 11 is 1.65. The summed E-state index contributed by atoms with van der Waals surface area (Å²) in [6.45, 7) is 10.3. The van der Waals surface area contributed by atoms with Gasteiger partial charge in [-0.2, -0.15) is 0 Å². The van der Waals surface area contributed by atoms with Gasteiger partial charge in [0.05, 0.1) is 12.8 Å². The van der Waals surface area contributed by atoms with Gasteiger partial charge in [-0.15, -0.1) is 0 Å². The molecule has 0 aromatic heterocycles. The van der Waals surface area contributed by atoms with E-state index in [4.69, 9.17) is 4.74 Å². The van der Waals surface area contributed by atoms with Crippen molar-refractivity contribution in [3.05, 3.63) is 59.7 Å². The first-order chi connectivity index (χ1) is 10.5. The van der Waals surface area contributed by atoms with Crippen molar-refractivity contribution in [2.75, 3.05) is 7.11 Å². The fourth-order valence-corrected chi connectivity index (χ4v) is 3.19. The first-order valence-electron chi connectivity index (χ1n) is 7.16. The lowest BCUT2D eigenvalue weighted by atomic mass is 10.1. The van der Waals surface area contributed by atoms with Crippen molar-refractivity contribution in [2.24, 2.45) is 4.99 Å². The Morgan fingerprint density at radius 1 is 1.23 bits per heavy atom. The molecule has 114 valence electrons. The van der Waals surface area contributed by atoms with E-state index in [0.717, 1.165) is 27.5 Å². The lowest BCUT2D eigenvalue weighted by Gasteiger charge is -2.13. The monoisotopic (exact) mass is 311 g/mol. The number of ether oxygens (including phenoxy) is 1. The number of hydrogen-bond acceptors (Lipinski definition) is 3. The first kappa shape index (κ1) is 16.4. The molecule has 0 aliphatic carbocycles.